The summed E-state index contributed by atoms with van der Waals surface area (Å²) in [6.07, 6.45) is 0. The third kappa shape index (κ3) is 1.88. The Balaban J connectivity index is 1.94. The number of nitrogens with zero attached hydrogens (tertiary/aromatic N) is 1. The molecule has 1 aliphatic rings. The maximum Gasteiger partial charge on any atom is 0.270 e. The van der Waals surface area contributed by atoms with Crippen LogP contribution in [0.4, 0.5) is 0 Å². The number of amides is 1. The van der Waals surface area contributed by atoms with E-state index in [0.29, 0.717) is 5.69 Å². The first-order chi connectivity index (χ1) is 8.75. The monoisotopic (exact) mass is 243 g/mol. The van der Waals surface area contributed by atoms with Crippen LogP contribution in [0.5, 0.6) is 0 Å². The number of H-pyrrole nitrogens is 1. The number of aryl methyl sites for hydroxylation is 1. The second-order valence-electron chi connectivity index (χ2n) is 4.76. The van der Waals surface area contributed by atoms with Crippen LogP contribution in [0, 0.1) is 6.92 Å². The molecule has 1 aromatic heterocycles. The zero-order valence-electron chi connectivity index (χ0n) is 10.5. The number of aromatic amines is 1. The smallest absolute Gasteiger partial charge is 0.270 e. The maximum atomic E-state index is 12.3. The van der Waals surface area contributed by atoms with Crippen LogP contribution < -0.4 is 5.32 Å². The van der Waals surface area contributed by atoms with Gasteiger partial charge in [-0.1, -0.05) is 18.2 Å². The highest BCUT2D eigenvalue weighted by molar-refractivity contribution is 5.98. The molecule has 0 spiro atoms. The summed E-state index contributed by atoms with van der Waals surface area (Å²) in [4.78, 5) is 17.5. The molecule has 0 radical (unpaired) electrons. The van der Waals surface area contributed by atoms with Crippen LogP contribution >= 0.6 is 0 Å². The van der Waals surface area contributed by atoms with E-state index in [-0.39, 0.29) is 5.91 Å². The third-order valence-corrected chi connectivity index (χ3v) is 3.50. The molecule has 1 amide bonds. The molecule has 1 aromatic carbocycles. The first-order valence-corrected chi connectivity index (χ1v) is 6.34. The summed E-state index contributed by atoms with van der Waals surface area (Å²) in [7, 11) is 0. The van der Waals surface area contributed by atoms with Gasteiger partial charge in [-0.05, 0) is 18.6 Å². The summed E-state index contributed by atoms with van der Waals surface area (Å²) in [5.74, 6) is 0.104. The number of fused-ring (bicyclic) bond motifs is 1. The van der Waals surface area contributed by atoms with Crippen molar-refractivity contribution in [1.82, 2.24) is 15.2 Å². The fourth-order valence-electron chi connectivity index (χ4n) is 2.46. The lowest BCUT2D eigenvalue weighted by Gasteiger charge is -2.26. The van der Waals surface area contributed by atoms with Gasteiger partial charge >= 0.3 is 0 Å². The zero-order valence-corrected chi connectivity index (χ0v) is 10.5. The standard InChI is InChI=1S/C14H17N3O/c1-10-3-2-4-11-9-12(16-13(10)11)14(18)17-7-5-15-6-8-17/h2-4,9,15-16H,5-8H2,1H3. The Bertz CT molecular complexity index is 582. The number of para-hydroxylation sites is 1. The molecule has 4 nitrogen and oxygen atoms in total. The van der Waals surface area contributed by atoms with E-state index >= 15 is 0 Å². The molecule has 0 saturated carbocycles. The minimum absolute atomic E-state index is 0.104. The summed E-state index contributed by atoms with van der Waals surface area (Å²) in [6.45, 7) is 5.38. The van der Waals surface area contributed by atoms with Crippen molar-refractivity contribution in [2.75, 3.05) is 26.2 Å². The molecule has 0 bridgehead atoms. The molecule has 4 heteroatoms. The van der Waals surface area contributed by atoms with E-state index in [0.717, 1.165) is 37.1 Å². The molecular formula is C14H17N3O. The van der Waals surface area contributed by atoms with Crippen molar-refractivity contribution in [2.24, 2.45) is 0 Å². The van der Waals surface area contributed by atoms with Gasteiger partial charge in [-0.15, -0.1) is 0 Å². The van der Waals surface area contributed by atoms with Gasteiger partial charge in [0.1, 0.15) is 5.69 Å². The molecule has 1 fully saturated rings. The summed E-state index contributed by atoms with van der Waals surface area (Å²) >= 11 is 0. The molecule has 0 unspecified atom stereocenters. The summed E-state index contributed by atoms with van der Waals surface area (Å²) < 4.78 is 0. The van der Waals surface area contributed by atoms with Gasteiger partial charge in [0.15, 0.2) is 0 Å². The fraction of sp³-hybridized carbons (Fsp3) is 0.357. The van der Waals surface area contributed by atoms with E-state index in [9.17, 15) is 4.79 Å². The van der Waals surface area contributed by atoms with Crippen molar-refractivity contribution in [1.29, 1.82) is 0 Å². The Kier molecular flexibility index (Phi) is 2.80. The first kappa shape index (κ1) is 11.3. The predicted octanol–water partition coefficient (Wildman–Crippen LogP) is 1.52. The second kappa shape index (κ2) is 4.46. The largest absolute Gasteiger partial charge is 0.350 e. The van der Waals surface area contributed by atoms with Gasteiger partial charge in [0.05, 0.1) is 0 Å². The number of carbonyl (C=O) groups is 1. The lowest BCUT2D eigenvalue weighted by molar-refractivity contribution is 0.0731. The average molecular weight is 243 g/mol. The predicted molar refractivity (Wildman–Crippen MR) is 71.8 cm³/mol. The number of hydrogen-bond donors (Lipinski definition) is 2. The SMILES string of the molecule is Cc1cccc2cc(C(=O)N3CCNCC3)[nH]c12. The molecule has 0 aliphatic carbocycles. The van der Waals surface area contributed by atoms with E-state index in [1.165, 1.54) is 5.56 Å². The van der Waals surface area contributed by atoms with E-state index in [1.54, 1.807) is 0 Å². The Labute approximate surface area is 106 Å². The third-order valence-electron chi connectivity index (χ3n) is 3.50. The summed E-state index contributed by atoms with van der Waals surface area (Å²) in [6, 6.07) is 8.06. The highest BCUT2D eigenvalue weighted by atomic mass is 16.2. The van der Waals surface area contributed by atoms with E-state index in [1.807, 2.05) is 23.1 Å². The lowest BCUT2D eigenvalue weighted by Crippen LogP contribution is -2.46. The molecular weight excluding hydrogens is 226 g/mol. The lowest BCUT2D eigenvalue weighted by atomic mass is 10.2. The molecule has 94 valence electrons. The van der Waals surface area contributed by atoms with E-state index in [4.69, 9.17) is 0 Å². The first-order valence-electron chi connectivity index (χ1n) is 6.34. The highest BCUT2D eigenvalue weighted by Crippen LogP contribution is 2.19. The van der Waals surface area contributed by atoms with Gasteiger partial charge in [-0.25, -0.2) is 0 Å². The highest BCUT2D eigenvalue weighted by Gasteiger charge is 2.19. The average Bonchev–Trinajstić information content (AvgIpc) is 2.84. The van der Waals surface area contributed by atoms with E-state index < -0.39 is 0 Å². The van der Waals surface area contributed by atoms with Crippen LogP contribution in [0.25, 0.3) is 10.9 Å². The number of nitrogens with one attached hydrogen (secondary N) is 2. The quantitative estimate of drug-likeness (QED) is 0.798. The van der Waals surface area contributed by atoms with Gasteiger partial charge in [-0.3, -0.25) is 4.79 Å². The van der Waals surface area contributed by atoms with Crippen LogP contribution in [-0.4, -0.2) is 42.0 Å². The van der Waals surface area contributed by atoms with Gasteiger partial charge in [0, 0.05) is 37.1 Å². The molecule has 2 aromatic rings. The topological polar surface area (TPSA) is 48.1 Å². The number of rotatable bonds is 1. The normalized spacial score (nSPS) is 16.2. The second-order valence-corrected chi connectivity index (χ2v) is 4.76. The van der Waals surface area contributed by atoms with Crippen molar-refractivity contribution in [3.05, 3.63) is 35.5 Å². The van der Waals surface area contributed by atoms with E-state index in [2.05, 4.69) is 23.3 Å². The van der Waals surface area contributed by atoms with Crippen molar-refractivity contribution in [3.63, 3.8) is 0 Å². The molecule has 1 saturated heterocycles. The van der Waals surface area contributed by atoms with Crippen LogP contribution in [-0.2, 0) is 0 Å². The van der Waals surface area contributed by atoms with Crippen molar-refractivity contribution < 1.29 is 4.79 Å². The molecule has 2 N–H and O–H groups in total. The van der Waals surface area contributed by atoms with Gasteiger partial charge in [0.2, 0.25) is 0 Å². The van der Waals surface area contributed by atoms with Crippen molar-refractivity contribution in [3.8, 4) is 0 Å². The minimum atomic E-state index is 0.104. The molecule has 18 heavy (non-hydrogen) atoms. The number of hydrogen-bond acceptors (Lipinski definition) is 2. The van der Waals surface area contributed by atoms with Gasteiger partial charge < -0.3 is 15.2 Å². The fourth-order valence-corrected chi connectivity index (χ4v) is 2.46. The zero-order chi connectivity index (χ0) is 12.5. The van der Waals surface area contributed by atoms with Crippen LogP contribution in [0.2, 0.25) is 0 Å². The Morgan fingerprint density at radius 2 is 2.06 bits per heavy atom. The van der Waals surface area contributed by atoms with Crippen LogP contribution in [0.3, 0.4) is 0 Å². The van der Waals surface area contributed by atoms with Crippen molar-refractivity contribution >= 4 is 16.8 Å². The minimum Gasteiger partial charge on any atom is -0.350 e. The number of piperazine rings is 1. The number of benzene rings is 1. The summed E-state index contributed by atoms with van der Waals surface area (Å²) in [5, 5.41) is 4.36. The Morgan fingerprint density at radius 3 is 2.78 bits per heavy atom. The number of aromatic nitrogens is 1. The number of carbonyl (C=O) groups excluding carboxylic acids is 1. The molecule has 2 heterocycles. The molecule has 1 aliphatic heterocycles. The Hall–Kier alpha value is -1.81. The molecule has 0 atom stereocenters. The van der Waals surface area contributed by atoms with Crippen LogP contribution in [0.1, 0.15) is 16.1 Å². The Morgan fingerprint density at radius 1 is 1.28 bits per heavy atom. The molecule has 3 rings (SSSR count). The maximum absolute atomic E-state index is 12.3. The van der Waals surface area contributed by atoms with Gasteiger partial charge in [-0.2, -0.15) is 0 Å². The van der Waals surface area contributed by atoms with Crippen LogP contribution in [0.15, 0.2) is 24.3 Å². The summed E-state index contributed by atoms with van der Waals surface area (Å²) in [5.41, 5.74) is 2.93. The van der Waals surface area contributed by atoms with Crippen molar-refractivity contribution in [2.45, 2.75) is 6.92 Å². The van der Waals surface area contributed by atoms with Gasteiger partial charge in [0.25, 0.3) is 5.91 Å².